The maximum absolute atomic E-state index is 10.4. The smallest absolute Gasteiger partial charge is 0.0458 e. The van der Waals surface area contributed by atoms with Crippen LogP contribution in [-0.2, 0) is 11.2 Å². The summed E-state index contributed by atoms with van der Waals surface area (Å²) in [5.74, 6) is -1.02. The summed E-state index contributed by atoms with van der Waals surface area (Å²) >= 11 is 0. The Morgan fingerprint density at radius 1 is 1.23 bits per heavy atom. The van der Waals surface area contributed by atoms with Crippen molar-refractivity contribution in [2.24, 2.45) is 0 Å². The van der Waals surface area contributed by atoms with E-state index in [2.05, 4.69) is 0 Å². The van der Waals surface area contributed by atoms with Crippen molar-refractivity contribution in [2.45, 2.75) is 27.2 Å². The molecule has 0 spiro atoms. The van der Waals surface area contributed by atoms with Crippen LogP contribution in [0.3, 0.4) is 0 Å². The van der Waals surface area contributed by atoms with Gasteiger partial charge in [0.15, 0.2) is 0 Å². The van der Waals surface area contributed by atoms with Gasteiger partial charge in [-0.05, 0) is 37.5 Å². The number of carboxylic acid groups (broad SMARTS) is 1. The molecular formula is C11H13O2-. The Bertz CT molecular complexity index is 317. The molecule has 0 atom stereocenters. The van der Waals surface area contributed by atoms with Gasteiger partial charge < -0.3 is 9.90 Å². The van der Waals surface area contributed by atoms with Crippen molar-refractivity contribution in [1.82, 2.24) is 0 Å². The minimum atomic E-state index is -1.02. The first-order valence-corrected chi connectivity index (χ1v) is 4.27. The lowest BCUT2D eigenvalue weighted by Crippen LogP contribution is -2.25. The molecule has 0 radical (unpaired) electrons. The minimum Gasteiger partial charge on any atom is -0.550 e. The highest BCUT2D eigenvalue weighted by Gasteiger charge is 2.03. The standard InChI is InChI=1S/C11H14O2/c1-7-4-8(2)10(6-11(12)13)9(3)5-7/h4-5H,6H2,1-3H3,(H,12,13)/p-1. The van der Waals surface area contributed by atoms with Gasteiger partial charge in [-0.1, -0.05) is 17.7 Å². The predicted octanol–water partition coefficient (Wildman–Crippen LogP) is 0.904. The van der Waals surface area contributed by atoms with Crippen molar-refractivity contribution in [2.75, 3.05) is 0 Å². The molecule has 1 rings (SSSR count). The van der Waals surface area contributed by atoms with Gasteiger partial charge in [0, 0.05) is 12.4 Å². The molecule has 0 saturated heterocycles. The SMILES string of the molecule is Cc1cc(C)c(CC(=O)[O-])c(C)c1. The molecule has 13 heavy (non-hydrogen) atoms. The van der Waals surface area contributed by atoms with E-state index in [0.717, 1.165) is 22.3 Å². The average Bonchev–Trinajstić information content (AvgIpc) is 1.96. The zero-order valence-electron chi connectivity index (χ0n) is 8.18. The Balaban J connectivity index is 3.13. The van der Waals surface area contributed by atoms with Gasteiger partial charge in [-0.25, -0.2) is 0 Å². The highest BCUT2D eigenvalue weighted by molar-refractivity contribution is 5.69. The fraction of sp³-hybridized carbons (Fsp3) is 0.364. The minimum absolute atomic E-state index is 0.0119. The van der Waals surface area contributed by atoms with Crippen LogP contribution in [-0.4, -0.2) is 5.97 Å². The summed E-state index contributed by atoms with van der Waals surface area (Å²) < 4.78 is 0. The molecule has 0 aliphatic rings. The van der Waals surface area contributed by atoms with E-state index in [9.17, 15) is 9.90 Å². The molecule has 2 nitrogen and oxygen atoms in total. The Morgan fingerprint density at radius 3 is 2.08 bits per heavy atom. The van der Waals surface area contributed by atoms with Crippen LogP contribution in [0.15, 0.2) is 12.1 Å². The van der Waals surface area contributed by atoms with Crippen molar-refractivity contribution in [1.29, 1.82) is 0 Å². The van der Waals surface area contributed by atoms with Gasteiger partial charge in [0.05, 0.1) is 0 Å². The maximum Gasteiger partial charge on any atom is 0.0458 e. The molecule has 0 aliphatic carbocycles. The van der Waals surface area contributed by atoms with Crippen LogP contribution in [0.1, 0.15) is 22.3 Å². The van der Waals surface area contributed by atoms with Gasteiger partial charge in [0.1, 0.15) is 0 Å². The van der Waals surface area contributed by atoms with Crippen molar-refractivity contribution in [3.05, 3.63) is 34.4 Å². The molecule has 0 bridgehead atoms. The average molecular weight is 177 g/mol. The molecule has 0 N–H and O–H groups in total. The Hall–Kier alpha value is -1.31. The molecule has 0 saturated carbocycles. The quantitative estimate of drug-likeness (QED) is 0.673. The number of carboxylic acids is 1. The molecule has 70 valence electrons. The van der Waals surface area contributed by atoms with Crippen LogP contribution < -0.4 is 5.11 Å². The fourth-order valence-electron chi connectivity index (χ4n) is 1.63. The molecule has 0 fully saturated rings. The van der Waals surface area contributed by atoms with E-state index < -0.39 is 5.97 Å². The van der Waals surface area contributed by atoms with Gasteiger partial charge in [-0.2, -0.15) is 0 Å². The topological polar surface area (TPSA) is 40.1 Å². The van der Waals surface area contributed by atoms with Crippen LogP contribution in [0.5, 0.6) is 0 Å². The van der Waals surface area contributed by atoms with Gasteiger partial charge in [0.25, 0.3) is 0 Å². The molecular weight excluding hydrogens is 164 g/mol. The second-order valence-corrected chi connectivity index (χ2v) is 3.43. The highest BCUT2D eigenvalue weighted by Crippen LogP contribution is 2.16. The highest BCUT2D eigenvalue weighted by atomic mass is 16.4. The number of hydrogen-bond acceptors (Lipinski definition) is 2. The third kappa shape index (κ3) is 2.31. The summed E-state index contributed by atoms with van der Waals surface area (Å²) in [6, 6.07) is 3.98. The van der Waals surface area contributed by atoms with Crippen LogP contribution >= 0.6 is 0 Å². The van der Waals surface area contributed by atoms with Gasteiger partial charge in [-0.15, -0.1) is 0 Å². The van der Waals surface area contributed by atoms with Crippen molar-refractivity contribution in [3.8, 4) is 0 Å². The third-order valence-electron chi connectivity index (χ3n) is 2.16. The summed E-state index contributed by atoms with van der Waals surface area (Å²) in [5.41, 5.74) is 4.10. The van der Waals surface area contributed by atoms with E-state index in [4.69, 9.17) is 0 Å². The molecule has 1 aromatic carbocycles. The lowest BCUT2D eigenvalue weighted by atomic mass is 9.97. The molecule has 2 heteroatoms. The summed E-state index contributed by atoms with van der Waals surface area (Å²) in [6.07, 6.45) is 0.0119. The van der Waals surface area contributed by atoms with Crippen LogP contribution in [0.4, 0.5) is 0 Å². The second kappa shape index (κ2) is 3.60. The summed E-state index contributed by atoms with van der Waals surface area (Å²) in [7, 11) is 0. The lowest BCUT2D eigenvalue weighted by molar-refractivity contribution is -0.304. The predicted molar refractivity (Wildman–Crippen MR) is 49.4 cm³/mol. The lowest BCUT2D eigenvalue weighted by Gasteiger charge is -2.11. The normalized spacial score (nSPS) is 10.1. The van der Waals surface area contributed by atoms with E-state index in [1.165, 1.54) is 0 Å². The van der Waals surface area contributed by atoms with E-state index >= 15 is 0 Å². The van der Waals surface area contributed by atoms with Gasteiger partial charge in [-0.3, -0.25) is 0 Å². The van der Waals surface area contributed by atoms with Crippen LogP contribution in [0.25, 0.3) is 0 Å². The van der Waals surface area contributed by atoms with Crippen LogP contribution in [0, 0.1) is 20.8 Å². The number of benzene rings is 1. The number of rotatable bonds is 2. The van der Waals surface area contributed by atoms with Gasteiger partial charge in [0.2, 0.25) is 0 Å². The van der Waals surface area contributed by atoms with Crippen LogP contribution in [0.2, 0.25) is 0 Å². The van der Waals surface area contributed by atoms with E-state index in [-0.39, 0.29) is 6.42 Å². The fourth-order valence-corrected chi connectivity index (χ4v) is 1.63. The van der Waals surface area contributed by atoms with Crippen molar-refractivity contribution < 1.29 is 9.90 Å². The summed E-state index contributed by atoms with van der Waals surface area (Å²) in [4.78, 5) is 10.4. The molecule has 0 unspecified atom stereocenters. The van der Waals surface area contributed by atoms with E-state index in [1.54, 1.807) is 0 Å². The third-order valence-corrected chi connectivity index (χ3v) is 2.16. The molecule has 0 aliphatic heterocycles. The first-order valence-electron chi connectivity index (χ1n) is 4.27. The monoisotopic (exact) mass is 177 g/mol. The zero-order valence-corrected chi connectivity index (χ0v) is 8.18. The summed E-state index contributed by atoms with van der Waals surface area (Å²) in [5, 5.41) is 10.4. The van der Waals surface area contributed by atoms with Crippen molar-refractivity contribution in [3.63, 3.8) is 0 Å². The van der Waals surface area contributed by atoms with Gasteiger partial charge >= 0.3 is 0 Å². The Kier molecular flexibility index (Phi) is 2.71. The number of aliphatic carboxylic acids is 1. The maximum atomic E-state index is 10.4. The number of carbonyl (C=O) groups is 1. The zero-order chi connectivity index (χ0) is 10.0. The first kappa shape index (κ1) is 9.78. The molecule has 0 aromatic heterocycles. The summed E-state index contributed by atoms with van der Waals surface area (Å²) in [6.45, 7) is 5.86. The largest absolute Gasteiger partial charge is 0.550 e. The Labute approximate surface area is 78.2 Å². The Morgan fingerprint density at radius 2 is 1.69 bits per heavy atom. The molecule has 0 amide bonds. The van der Waals surface area contributed by atoms with E-state index in [0.29, 0.717) is 0 Å². The number of hydrogen-bond donors (Lipinski definition) is 0. The number of carbonyl (C=O) groups excluding carboxylic acids is 1. The van der Waals surface area contributed by atoms with Crippen molar-refractivity contribution >= 4 is 5.97 Å². The second-order valence-electron chi connectivity index (χ2n) is 3.43. The first-order chi connectivity index (χ1) is 6.00. The molecule has 1 aromatic rings. The van der Waals surface area contributed by atoms with E-state index in [1.807, 2.05) is 32.9 Å². The number of aryl methyl sites for hydroxylation is 3. The molecule has 0 heterocycles.